The van der Waals surface area contributed by atoms with E-state index < -0.39 is 4.32 Å². The Kier molecular flexibility index (Phi) is 4.46. The van der Waals surface area contributed by atoms with Crippen molar-refractivity contribution in [3.63, 3.8) is 0 Å². The number of nitrogens with zero attached hydrogens (tertiary/aromatic N) is 4. The summed E-state index contributed by atoms with van der Waals surface area (Å²) in [7, 11) is 0. The van der Waals surface area contributed by atoms with Crippen LogP contribution in [0.1, 0.15) is 17.2 Å². The Hall–Kier alpha value is -1.44. The molecule has 0 atom stereocenters. The van der Waals surface area contributed by atoms with E-state index in [0.29, 0.717) is 34.5 Å². The molecule has 2 N–H and O–H groups in total. The van der Waals surface area contributed by atoms with E-state index in [2.05, 4.69) is 46.3 Å². The summed E-state index contributed by atoms with van der Waals surface area (Å²) in [6.07, 6.45) is 4.12. The van der Waals surface area contributed by atoms with Crippen LogP contribution in [0.25, 0.3) is 0 Å². The zero-order chi connectivity index (χ0) is 15.6. The summed E-state index contributed by atoms with van der Waals surface area (Å²) in [6, 6.07) is 5.40. The molecular formula is C13H11BrCl2N6. The lowest BCUT2D eigenvalue weighted by atomic mass is 9.91. The number of nitrogens with one attached hydrogen (secondary N) is 2. The van der Waals surface area contributed by atoms with Gasteiger partial charge >= 0.3 is 0 Å². The lowest BCUT2D eigenvalue weighted by Crippen LogP contribution is -2.26. The van der Waals surface area contributed by atoms with Crippen LogP contribution >= 0.6 is 39.1 Å². The summed E-state index contributed by atoms with van der Waals surface area (Å²) in [6.45, 7) is 0. The highest BCUT2D eigenvalue weighted by Crippen LogP contribution is 2.41. The highest BCUT2D eigenvalue weighted by molar-refractivity contribution is 9.09. The molecule has 3 aromatic rings. The van der Waals surface area contributed by atoms with Crippen molar-refractivity contribution >= 4 is 39.1 Å². The molecule has 0 fully saturated rings. The summed E-state index contributed by atoms with van der Waals surface area (Å²) in [5, 5.41) is 14.8. The zero-order valence-electron chi connectivity index (χ0n) is 11.2. The van der Waals surface area contributed by atoms with Crippen LogP contribution in [-0.2, 0) is 17.2 Å². The van der Waals surface area contributed by atoms with Gasteiger partial charge in [0, 0.05) is 22.9 Å². The Balaban J connectivity index is 2.01. The fourth-order valence-corrected chi connectivity index (χ4v) is 3.80. The average Bonchev–Trinajstić information content (AvgIpc) is 3.12. The summed E-state index contributed by atoms with van der Waals surface area (Å²) < 4.78 is -0.543. The topological polar surface area (TPSA) is 83.1 Å². The number of halogens is 3. The van der Waals surface area contributed by atoms with E-state index in [1.807, 2.05) is 6.07 Å². The molecule has 0 amide bonds. The number of aromatic nitrogens is 6. The van der Waals surface area contributed by atoms with Gasteiger partial charge in [0.15, 0.2) is 11.6 Å². The molecule has 9 heteroatoms. The third kappa shape index (κ3) is 3.31. The van der Waals surface area contributed by atoms with Gasteiger partial charge in [-0.05, 0) is 17.7 Å². The van der Waals surface area contributed by atoms with E-state index in [9.17, 15) is 0 Å². The summed E-state index contributed by atoms with van der Waals surface area (Å²) in [4.78, 5) is 8.38. The van der Waals surface area contributed by atoms with E-state index in [1.54, 1.807) is 24.8 Å². The molecule has 114 valence electrons. The fourth-order valence-electron chi connectivity index (χ4n) is 2.25. The molecule has 0 bridgehead atoms. The van der Waals surface area contributed by atoms with Gasteiger partial charge in [-0.15, -0.1) is 0 Å². The molecular weight excluding hydrogens is 391 g/mol. The second kappa shape index (κ2) is 6.36. The molecule has 1 aromatic carbocycles. The number of alkyl halides is 1. The van der Waals surface area contributed by atoms with Gasteiger partial charge in [-0.3, -0.25) is 10.2 Å². The monoisotopic (exact) mass is 400 g/mol. The molecule has 2 heterocycles. The minimum Gasteiger partial charge on any atom is -0.266 e. The maximum absolute atomic E-state index is 6.38. The maximum atomic E-state index is 6.38. The van der Waals surface area contributed by atoms with Crippen molar-refractivity contribution in [2.24, 2.45) is 0 Å². The molecule has 0 aliphatic heterocycles. The fraction of sp³-hybridized carbons (Fsp3) is 0.231. The van der Waals surface area contributed by atoms with Crippen molar-refractivity contribution in [3.05, 3.63) is 58.1 Å². The molecule has 0 saturated heterocycles. The van der Waals surface area contributed by atoms with Gasteiger partial charge in [0.25, 0.3) is 0 Å². The second-order valence-electron chi connectivity index (χ2n) is 4.77. The number of aromatic amines is 2. The Morgan fingerprint density at radius 2 is 1.59 bits per heavy atom. The lowest BCUT2D eigenvalue weighted by molar-refractivity contribution is 0.591. The first kappa shape index (κ1) is 15.5. The summed E-state index contributed by atoms with van der Waals surface area (Å²) in [5.41, 5.74) is 0.883. The second-order valence-corrected chi connectivity index (χ2v) is 7.14. The average molecular weight is 402 g/mol. The highest BCUT2D eigenvalue weighted by Gasteiger charge is 2.34. The molecule has 0 saturated carbocycles. The van der Waals surface area contributed by atoms with Crippen LogP contribution in [0.3, 0.4) is 0 Å². The van der Waals surface area contributed by atoms with Crippen molar-refractivity contribution < 1.29 is 0 Å². The van der Waals surface area contributed by atoms with Crippen molar-refractivity contribution in [3.8, 4) is 0 Å². The third-order valence-corrected chi connectivity index (χ3v) is 4.76. The summed E-state index contributed by atoms with van der Waals surface area (Å²) in [5.74, 6) is 1.33. The highest BCUT2D eigenvalue weighted by atomic mass is 79.9. The van der Waals surface area contributed by atoms with Crippen LogP contribution in [0.2, 0.25) is 10.0 Å². The standard InChI is InChI=1S/C13H11BrCl2N6/c14-13(4-11-17-6-19-21-11,5-12-18-7-20-22-12)9-2-1-8(15)3-10(9)16/h1-3,6-7H,4-5H2,(H,17,19,21)(H,18,20,22). The van der Waals surface area contributed by atoms with Gasteiger partial charge in [-0.1, -0.05) is 45.2 Å². The molecule has 2 aromatic heterocycles. The number of hydrogen-bond donors (Lipinski definition) is 2. The van der Waals surface area contributed by atoms with Crippen molar-refractivity contribution in [1.82, 2.24) is 30.4 Å². The van der Waals surface area contributed by atoms with E-state index in [-0.39, 0.29) is 0 Å². The van der Waals surface area contributed by atoms with Gasteiger partial charge in [0.1, 0.15) is 12.7 Å². The lowest BCUT2D eigenvalue weighted by Gasteiger charge is -2.27. The Bertz CT molecular complexity index is 708. The van der Waals surface area contributed by atoms with Crippen molar-refractivity contribution in [1.29, 1.82) is 0 Å². The first-order valence-electron chi connectivity index (χ1n) is 6.40. The Morgan fingerprint density at radius 1 is 1.00 bits per heavy atom. The molecule has 0 unspecified atom stereocenters. The Labute approximate surface area is 144 Å². The molecule has 3 rings (SSSR count). The molecule has 0 aliphatic carbocycles. The van der Waals surface area contributed by atoms with Gasteiger partial charge in [0.2, 0.25) is 0 Å². The minimum atomic E-state index is -0.543. The van der Waals surface area contributed by atoms with Crippen LogP contribution in [0, 0.1) is 0 Å². The number of H-pyrrole nitrogens is 2. The SMILES string of the molecule is Clc1ccc(C(Br)(Cc2nc[nH]n2)Cc2nc[nH]n2)c(Cl)c1. The number of rotatable bonds is 5. The zero-order valence-corrected chi connectivity index (χ0v) is 14.3. The smallest absolute Gasteiger partial charge is 0.152 e. The van der Waals surface area contributed by atoms with Crippen LogP contribution in [0.15, 0.2) is 30.9 Å². The first-order valence-corrected chi connectivity index (χ1v) is 7.95. The maximum Gasteiger partial charge on any atom is 0.152 e. The number of hydrogen-bond acceptors (Lipinski definition) is 4. The van der Waals surface area contributed by atoms with E-state index in [1.165, 1.54) is 0 Å². The Morgan fingerprint density at radius 3 is 2.05 bits per heavy atom. The molecule has 0 aliphatic rings. The van der Waals surface area contributed by atoms with Gasteiger partial charge in [-0.2, -0.15) is 10.2 Å². The normalized spacial score (nSPS) is 11.8. The van der Waals surface area contributed by atoms with E-state index in [0.717, 1.165) is 5.56 Å². The minimum absolute atomic E-state index is 0.520. The third-order valence-electron chi connectivity index (χ3n) is 3.22. The van der Waals surface area contributed by atoms with Gasteiger partial charge in [-0.25, -0.2) is 9.97 Å². The van der Waals surface area contributed by atoms with E-state index in [4.69, 9.17) is 23.2 Å². The van der Waals surface area contributed by atoms with Gasteiger partial charge in [0.05, 0.1) is 4.32 Å². The van der Waals surface area contributed by atoms with Crippen LogP contribution in [-0.4, -0.2) is 30.4 Å². The van der Waals surface area contributed by atoms with Crippen molar-refractivity contribution in [2.75, 3.05) is 0 Å². The van der Waals surface area contributed by atoms with Gasteiger partial charge < -0.3 is 0 Å². The quantitative estimate of drug-likeness (QED) is 0.642. The first-order chi connectivity index (χ1) is 10.6. The predicted octanol–water partition coefficient (Wildman–Crippen LogP) is 3.31. The summed E-state index contributed by atoms with van der Waals surface area (Å²) >= 11 is 16.2. The van der Waals surface area contributed by atoms with Crippen LogP contribution < -0.4 is 0 Å². The molecule has 0 spiro atoms. The molecule has 22 heavy (non-hydrogen) atoms. The van der Waals surface area contributed by atoms with Crippen LogP contribution in [0.5, 0.6) is 0 Å². The molecule has 0 radical (unpaired) electrons. The largest absolute Gasteiger partial charge is 0.266 e. The number of benzene rings is 1. The molecule has 6 nitrogen and oxygen atoms in total. The van der Waals surface area contributed by atoms with Crippen molar-refractivity contribution in [2.45, 2.75) is 17.2 Å². The van der Waals surface area contributed by atoms with E-state index >= 15 is 0 Å². The predicted molar refractivity (Wildman–Crippen MR) is 87.2 cm³/mol. The van der Waals surface area contributed by atoms with Crippen LogP contribution in [0.4, 0.5) is 0 Å².